The van der Waals surface area contributed by atoms with E-state index in [9.17, 15) is 0 Å². The molecular weight excluding hydrogens is 210 g/mol. The van der Waals surface area contributed by atoms with E-state index in [2.05, 4.69) is 45.0 Å². The minimum atomic E-state index is 0.0208. The van der Waals surface area contributed by atoms with E-state index >= 15 is 0 Å². The number of rotatable bonds is 4. The zero-order chi connectivity index (χ0) is 12.4. The van der Waals surface area contributed by atoms with Gasteiger partial charge in [0.1, 0.15) is 11.3 Å². The highest BCUT2D eigenvalue weighted by Gasteiger charge is 2.14. The zero-order valence-corrected chi connectivity index (χ0v) is 10.9. The first-order valence-corrected chi connectivity index (χ1v) is 6.41. The first-order valence-electron chi connectivity index (χ1n) is 6.41. The number of fused-ring (bicyclic) bond motifs is 1. The Balaban J connectivity index is 2.46. The van der Waals surface area contributed by atoms with Crippen LogP contribution in [0.5, 0.6) is 0 Å². The van der Waals surface area contributed by atoms with Crippen molar-refractivity contribution in [3.63, 3.8) is 0 Å². The minimum absolute atomic E-state index is 0.0208. The first kappa shape index (κ1) is 12.2. The maximum Gasteiger partial charge on any atom is 0.137 e. The van der Waals surface area contributed by atoms with Crippen LogP contribution >= 0.6 is 0 Å². The molecule has 2 rings (SSSR count). The van der Waals surface area contributed by atoms with Crippen LogP contribution in [0.25, 0.3) is 11.0 Å². The van der Waals surface area contributed by atoms with Crippen LogP contribution in [0, 0.1) is 0 Å². The lowest BCUT2D eigenvalue weighted by molar-refractivity contribution is 0.473. The molecule has 0 fully saturated rings. The molecule has 0 radical (unpaired) electrons. The molecular formula is C15H21NO. The van der Waals surface area contributed by atoms with E-state index in [1.54, 1.807) is 0 Å². The Morgan fingerprint density at radius 1 is 1.29 bits per heavy atom. The molecule has 1 unspecified atom stereocenters. The third-order valence-corrected chi connectivity index (χ3v) is 3.18. The van der Waals surface area contributed by atoms with Gasteiger partial charge in [-0.25, -0.2) is 0 Å². The number of hydrogen-bond acceptors (Lipinski definition) is 2. The lowest BCUT2D eigenvalue weighted by Crippen LogP contribution is -2.08. The van der Waals surface area contributed by atoms with Crippen molar-refractivity contribution in [1.82, 2.24) is 0 Å². The molecule has 1 atom stereocenters. The quantitative estimate of drug-likeness (QED) is 0.849. The topological polar surface area (TPSA) is 39.2 Å². The molecule has 2 aromatic rings. The molecule has 0 amide bonds. The largest absolute Gasteiger partial charge is 0.459 e. The van der Waals surface area contributed by atoms with E-state index in [-0.39, 0.29) is 6.04 Å². The van der Waals surface area contributed by atoms with Crippen molar-refractivity contribution in [3.8, 4) is 0 Å². The summed E-state index contributed by atoms with van der Waals surface area (Å²) in [5.41, 5.74) is 8.37. The summed E-state index contributed by atoms with van der Waals surface area (Å²) in [5.74, 6) is 1.38. The maximum atomic E-state index is 6.10. The number of furan rings is 1. The molecule has 1 aromatic carbocycles. The lowest BCUT2D eigenvalue weighted by Gasteiger charge is -2.07. The van der Waals surface area contributed by atoms with Gasteiger partial charge in [0.05, 0.1) is 6.04 Å². The van der Waals surface area contributed by atoms with Gasteiger partial charge < -0.3 is 10.2 Å². The Labute approximate surface area is 103 Å². The standard InChI is InChI=1S/C15H21NO/c1-4-6-13(16)14-9-11-7-5-8-12(10(2)3)15(11)17-14/h5,7-10,13H,4,6,16H2,1-3H3. The van der Waals surface area contributed by atoms with Gasteiger partial charge in [0.15, 0.2) is 0 Å². The summed E-state index contributed by atoms with van der Waals surface area (Å²) >= 11 is 0. The SMILES string of the molecule is CCCC(N)c1cc2cccc(C(C)C)c2o1. The Bertz CT molecular complexity index is 499. The highest BCUT2D eigenvalue weighted by molar-refractivity contribution is 5.81. The molecule has 0 saturated carbocycles. The van der Waals surface area contributed by atoms with Crippen LogP contribution in [0.1, 0.15) is 56.9 Å². The van der Waals surface area contributed by atoms with Gasteiger partial charge in [-0.3, -0.25) is 0 Å². The van der Waals surface area contributed by atoms with Gasteiger partial charge in [-0.2, -0.15) is 0 Å². The van der Waals surface area contributed by atoms with Gasteiger partial charge in [0, 0.05) is 5.39 Å². The molecule has 1 heterocycles. The molecule has 0 spiro atoms. The highest BCUT2D eigenvalue weighted by atomic mass is 16.3. The molecule has 17 heavy (non-hydrogen) atoms. The van der Waals surface area contributed by atoms with Gasteiger partial charge in [-0.15, -0.1) is 0 Å². The van der Waals surface area contributed by atoms with Gasteiger partial charge >= 0.3 is 0 Å². The van der Waals surface area contributed by atoms with Crippen molar-refractivity contribution >= 4 is 11.0 Å². The van der Waals surface area contributed by atoms with Gasteiger partial charge in [-0.1, -0.05) is 45.4 Å². The predicted octanol–water partition coefficient (Wildman–Crippen LogP) is 4.36. The number of hydrogen-bond donors (Lipinski definition) is 1. The fraction of sp³-hybridized carbons (Fsp3) is 0.467. The third-order valence-electron chi connectivity index (χ3n) is 3.18. The molecule has 2 heteroatoms. The Kier molecular flexibility index (Phi) is 3.53. The van der Waals surface area contributed by atoms with Crippen LogP contribution in [-0.2, 0) is 0 Å². The van der Waals surface area contributed by atoms with Crippen molar-refractivity contribution in [1.29, 1.82) is 0 Å². The molecule has 0 aliphatic heterocycles. The summed E-state index contributed by atoms with van der Waals surface area (Å²) in [7, 11) is 0. The van der Waals surface area contributed by atoms with Crippen LogP contribution in [0.4, 0.5) is 0 Å². The van der Waals surface area contributed by atoms with E-state index in [0.29, 0.717) is 5.92 Å². The van der Waals surface area contributed by atoms with Gasteiger partial charge in [0.25, 0.3) is 0 Å². The summed E-state index contributed by atoms with van der Waals surface area (Å²) in [6.45, 7) is 6.51. The monoisotopic (exact) mass is 231 g/mol. The van der Waals surface area contributed by atoms with E-state index in [1.807, 2.05) is 0 Å². The Morgan fingerprint density at radius 3 is 2.71 bits per heavy atom. The predicted molar refractivity (Wildman–Crippen MR) is 72.1 cm³/mol. The van der Waals surface area contributed by atoms with E-state index < -0.39 is 0 Å². The second-order valence-corrected chi connectivity index (χ2v) is 4.96. The van der Waals surface area contributed by atoms with Gasteiger partial charge in [-0.05, 0) is 24.0 Å². The average Bonchev–Trinajstić information content (AvgIpc) is 2.72. The lowest BCUT2D eigenvalue weighted by atomic mass is 10.0. The molecule has 92 valence electrons. The highest BCUT2D eigenvalue weighted by Crippen LogP contribution is 2.30. The molecule has 0 aliphatic carbocycles. The summed E-state index contributed by atoms with van der Waals surface area (Å²) < 4.78 is 5.95. The van der Waals surface area contributed by atoms with Crippen LogP contribution in [0.3, 0.4) is 0 Å². The Hall–Kier alpha value is -1.28. The summed E-state index contributed by atoms with van der Waals surface area (Å²) in [4.78, 5) is 0. The minimum Gasteiger partial charge on any atom is -0.459 e. The smallest absolute Gasteiger partial charge is 0.137 e. The number of para-hydroxylation sites is 1. The molecule has 0 bridgehead atoms. The molecule has 0 saturated heterocycles. The first-order chi connectivity index (χ1) is 8.13. The van der Waals surface area contributed by atoms with Crippen molar-refractivity contribution < 1.29 is 4.42 Å². The summed E-state index contributed by atoms with van der Waals surface area (Å²) in [5, 5.41) is 1.16. The van der Waals surface area contributed by atoms with E-state index in [1.165, 1.54) is 5.56 Å². The van der Waals surface area contributed by atoms with E-state index in [0.717, 1.165) is 29.6 Å². The fourth-order valence-electron chi connectivity index (χ4n) is 2.20. The van der Waals surface area contributed by atoms with E-state index in [4.69, 9.17) is 10.2 Å². The van der Waals surface area contributed by atoms with Crippen molar-refractivity contribution in [2.75, 3.05) is 0 Å². The molecule has 1 aromatic heterocycles. The second kappa shape index (κ2) is 4.92. The van der Waals surface area contributed by atoms with Crippen molar-refractivity contribution in [2.45, 2.75) is 45.6 Å². The number of nitrogens with two attached hydrogens (primary N) is 1. The van der Waals surface area contributed by atoms with Crippen molar-refractivity contribution in [3.05, 3.63) is 35.6 Å². The van der Waals surface area contributed by atoms with Crippen LogP contribution in [0.2, 0.25) is 0 Å². The summed E-state index contributed by atoms with van der Waals surface area (Å²) in [6, 6.07) is 8.41. The Morgan fingerprint density at radius 2 is 2.06 bits per heavy atom. The average molecular weight is 231 g/mol. The van der Waals surface area contributed by atoms with Crippen LogP contribution in [-0.4, -0.2) is 0 Å². The molecule has 2 N–H and O–H groups in total. The van der Waals surface area contributed by atoms with Gasteiger partial charge in [0.2, 0.25) is 0 Å². The second-order valence-electron chi connectivity index (χ2n) is 4.96. The van der Waals surface area contributed by atoms with Crippen LogP contribution in [0.15, 0.2) is 28.7 Å². The molecule has 0 aliphatic rings. The molecule has 2 nitrogen and oxygen atoms in total. The fourth-order valence-corrected chi connectivity index (χ4v) is 2.20. The van der Waals surface area contributed by atoms with Crippen molar-refractivity contribution in [2.24, 2.45) is 5.73 Å². The zero-order valence-electron chi connectivity index (χ0n) is 10.9. The van der Waals surface area contributed by atoms with Crippen LogP contribution < -0.4 is 5.73 Å². The maximum absolute atomic E-state index is 6.10. The normalized spacial score (nSPS) is 13.5. The third kappa shape index (κ3) is 2.37. The summed E-state index contributed by atoms with van der Waals surface area (Å²) in [6.07, 6.45) is 2.05. The number of benzene rings is 1.